The van der Waals surface area contributed by atoms with Gasteiger partial charge in [-0.1, -0.05) is 37.3 Å². The van der Waals surface area contributed by atoms with E-state index in [2.05, 4.69) is 24.0 Å². The van der Waals surface area contributed by atoms with Gasteiger partial charge in [-0.15, -0.1) is 0 Å². The molecule has 1 N–H and O–H groups in total. The van der Waals surface area contributed by atoms with Crippen LogP contribution in [0, 0.1) is 11.8 Å². The zero-order valence-corrected chi connectivity index (χ0v) is 12.3. The number of rotatable bonds is 6. The van der Waals surface area contributed by atoms with Crippen molar-refractivity contribution in [3.63, 3.8) is 0 Å². The van der Waals surface area contributed by atoms with E-state index in [9.17, 15) is 9.90 Å². The number of hydrogen-bond donors (Lipinski definition) is 1. The number of carbonyl (C=O) groups is 1. The van der Waals surface area contributed by atoms with Crippen molar-refractivity contribution in [3.8, 4) is 0 Å². The highest BCUT2D eigenvalue weighted by atomic mass is 16.3. The summed E-state index contributed by atoms with van der Waals surface area (Å²) in [5.74, 6) is 1.19. The molecule has 1 aliphatic rings. The van der Waals surface area contributed by atoms with E-state index < -0.39 is 0 Å². The number of aliphatic hydroxyl groups excluding tert-OH is 1. The molecule has 20 heavy (non-hydrogen) atoms. The maximum atomic E-state index is 12.0. The van der Waals surface area contributed by atoms with E-state index in [-0.39, 0.29) is 12.5 Å². The molecule has 1 fully saturated rings. The first-order chi connectivity index (χ1) is 9.69. The van der Waals surface area contributed by atoms with Gasteiger partial charge in [-0.2, -0.15) is 0 Å². The van der Waals surface area contributed by atoms with Crippen molar-refractivity contribution in [1.29, 1.82) is 0 Å². The summed E-state index contributed by atoms with van der Waals surface area (Å²) in [5.41, 5.74) is 1.23. The van der Waals surface area contributed by atoms with E-state index in [0.29, 0.717) is 18.2 Å². The number of nitrogens with zero attached hydrogens (tertiary/aromatic N) is 1. The highest BCUT2D eigenvalue weighted by Gasteiger charge is 2.27. The van der Waals surface area contributed by atoms with Gasteiger partial charge in [0.25, 0.3) is 0 Å². The summed E-state index contributed by atoms with van der Waals surface area (Å²) in [6, 6.07) is 10.2. The van der Waals surface area contributed by atoms with Crippen LogP contribution in [0.1, 0.15) is 31.7 Å². The van der Waals surface area contributed by atoms with E-state index in [4.69, 9.17) is 0 Å². The Kier molecular flexibility index (Phi) is 5.74. The molecule has 0 heterocycles. The predicted octanol–water partition coefficient (Wildman–Crippen LogP) is 2.49. The Bertz CT molecular complexity index is 418. The summed E-state index contributed by atoms with van der Waals surface area (Å²) >= 11 is 0. The number of hydrogen-bond acceptors (Lipinski definition) is 3. The van der Waals surface area contributed by atoms with Crippen LogP contribution in [0.3, 0.4) is 0 Å². The van der Waals surface area contributed by atoms with Gasteiger partial charge in [-0.25, -0.2) is 0 Å². The van der Waals surface area contributed by atoms with Gasteiger partial charge in [0, 0.05) is 32.0 Å². The molecule has 0 spiro atoms. The quantitative estimate of drug-likeness (QED) is 0.867. The Balaban J connectivity index is 1.96. The maximum Gasteiger partial charge on any atom is 0.137 e. The van der Waals surface area contributed by atoms with Crippen molar-refractivity contribution in [2.45, 2.75) is 32.7 Å². The van der Waals surface area contributed by atoms with Crippen molar-refractivity contribution >= 4 is 5.78 Å². The van der Waals surface area contributed by atoms with Crippen molar-refractivity contribution in [3.05, 3.63) is 35.9 Å². The molecule has 1 aromatic rings. The van der Waals surface area contributed by atoms with Gasteiger partial charge in [0.1, 0.15) is 5.78 Å². The third-order valence-corrected chi connectivity index (χ3v) is 4.17. The minimum Gasteiger partial charge on any atom is -0.395 e. The highest BCUT2D eigenvalue weighted by molar-refractivity contribution is 5.81. The van der Waals surface area contributed by atoms with Crippen LogP contribution < -0.4 is 0 Å². The molecule has 0 aliphatic heterocycles. The molecule has 0 bridgehead atoms. The van der Waals surface area contributed by atoms with Gasteiger partial charge in [-0.3, -0.25) is 9.69 Å². The average Bonchev–Trinajstić information content (AvgIpc) is 2.44. The highest BCUT2D eigenvalue weighted by Crippen LogP contribution is 2.27. The lowest BCUT2D eigenvalue weighted by molar-refractivity contribution is -0.126. The molecule has 2 rings (SSSR count). The van der Waals surface area contributed by atoms with Gasteiger partial charge >= 0.3 is 0 Å². The third kappa shape index (κ3) is 4.43. The minimum atomic E-state index is 0.142. The number of benzene rings is 1. The maximum absolute atomic E-state index is 12.0. The number of ketones is 1. The molecule has 1 aliphatic carbocycles. The molecule has 0 aromatic heterocycles. The Labute approximate surface area is 121 Å². The lowest BCUT2D eigenvalue weighted by atomic mass is 9.81. The fourth-order valence-corrected chi connectivity index (χ4v) is 3.03. The Hall–Kier alpha value is -1.19. The van der Waals surface area contributed by atoms with Crippen LogP contribution >= 0.6 is 0 Å². The standard InChI is InChI=1S/C17H25NO2/c1-14-7-8-17(20)16(11-14)13-18(9-10-19)12-15-5-3-2-4-6-15/h2-6,14,16,19H,7-13H2,1H3. The van der Waals surface area contributed by atoms with E-state index >= 15 is 0 Å². The van der Waals surface area contributed by atoms with E-state index in [0.717, 1.165) is 32.4 Å². The summed E-state index contributed by atoms with van der Waals surface area (Å²) in [6.45, 7) is 4.58. The van der Waals surface area contributed by atoms with Crippen molar-refractivity contribution in [2.24, 2.45) is 11.8 Å². The van der Waals surface area contributed by atoms with Crippen LogP contribution in [0.5, 0.6) is 0 Å². The van der Waals surface area contributed by atoms with E-state index in [1.807, 2.05) is 18.2 Å². The molecule has 2 atom stereocenters. The molecule has 0 saturated heterocycles. The Morgan fingerprint density at radius 1 is 1.30 bits per heavy atom. The second kappa shape index (κ2) is 7.55. The summed E-state index contributed by atoms with van der Waals surface area (Å²) < 4.78 is 0. The first-order valence-corrected chi connectivity index (χ1v) is 7.59. The Morgan fingerprint density at radius 3 is 2.75 bits per heavy atom. The second-order valence-electron chi connectivity index (χ2n) is 5.99. The molecule has 3 nitrogen and oxygen atoms in total. The summed E-state index contributed by atoms with van der Waals surface area (Å²) in [7, 11) is 0. The number of carbonyl (C=O) groups excluding carboxylic acids is 1. The smallest absolute Gasteiger partial charge is 0.137 e. The predicted molar refractivity (Wildman–Crippen MR) is 80.3 cm³/mol. The Morgan fingerprint density at radius 2 is 2.05 bits per heavy atom. The van der Waals surface area contributed by atoms with Crippen LogP contribution in [0.2, 0.25) is 0 Å². The van der Waals surface area contributed by atoms with E-state index in [1.54, 1.807) is 0 Å². The number of aliphatic hydroxyl groups is 1. The zero-order chi connectivity index (χ0) is 14.4. The lowest BCUT2D eigenvalue weighted by Crippen LogP contribution is -2.37. The molecule has 110 valence electrons. The van der Waals surface area contributed by atoms with Crippen molar-refractivity contribution < 1.29 is 9.90 Å². The van der Waals surface area contributed by atoms with Crippen LogP contribution in [-0.2, 0) is 11.3 Å². The van der Waals surface area contributed by atoms with Gasteiger partial charge < -0.3 is 5.11 Å². The van der Waals surface area contributed by atoms with Gasteiger partial charge in [0.05, 0.1) is 6.61 Å². The van der Waals surface area contributed by atoms with Crippen LogP contribution in [0.4, 0.5) is 0 Å². The minimum absolute atomic E-state index is 0.142. The summed E-state index contributed by atoms with van der Waals surface area (Å²) in [4.78, 5) is 14.2. The third-order valence-electron chi connectivity index (χ3n) is 4.17. The van der Waals surface area contributed by atoms with Gasteiger partial charge in [0.2, 0.25) is 0 Å². The van der Waals surface area contributed by atoms with Crippen LogP contribution in [-0.4, -0.2) is 35.5 Å². The molecule has 0 amide bonds. The molecular weight excluding hydrogens is 250 g/mol. The normalized spacial score (nSPS) is 23.2. The summed E-state index contributed by atoms with van der Waals surface area (Å²) in [6.07, 6.45) is 2.76. The topological polar surface area (TPSA) is 40.5 Å². The zero-order valence-electron chi connectivity index (χ0n) is 12.3. The second-order valence-corrected chi connectivity index (χ2v) is 5.99. The largest absolute Gasteiger partial charge is 0.395 e. The first kappa shape index (κ1) is 15.2. The number of Topliss-reactive ketones (excluding diaryl/α,β-unsaturated/α-hetero) is 1. The lowest BCUT2D eigenvalue weighted by Gasteiger charge is -2.31. The van der Waals surface area contributed by atoms with Crippen LogP contribution in [0.25, 0.3) is 0 Å². The molecular formula is C17H25NO2. The molecule has 3 heteroatoms. The van der Waals surface area contributed by atoms with Gasteiger partial charge in [0.15, 0.2) is 0 Å². The molecule has 1 saturated carbocycles. The molecule has 0 radical (unpaired) electrons. The fourth-order valence-electron chi connectivity index (χ4n) is 3.03. The van der Waals surface area contributed by atoms with E-state index in [1.165, 1.54) is 5.56 Å². The first-order valence-electron chi connectivity index (χ1n) is 7.59. The monoisotopic (exact) mass is 275 g/mol. The fraction of sp³-hybridized carbons (Fsp3) is 0.588. The van der Waals surface area contributed by atoms with Crippen molar-refractivity contribution in [1.82, 2.24) is 4.90 Å². The van der Waals surface area contributed by atoms with Crippen molar-refractivity contribution in [2.75, 3.05) is 19.7 Å². The van der Waals surface area contributed by atoms with Crippen LogP contribution in [0.15, 0.2) is 30.3 Å². The SMILES string of the molecule is CC1CCC(=O)C(CN(CCO)Cc2ccccc2)C1. The van der Waals surface area contributed by atoms with Gasteiger partial charge in [-0.05, 0) is 24.3 Å². The molecule has 2 unspecified atom stereocenters. The summed E-state index contributed by atoms with van der Waals surface area (Å²) in [5, 5.41) is 9.24. The average molecular weight is 275 g/mol. The molecule has 1 aromatic carbocycles.